The Balaban J connectivity index is 2.41. The molecule has 0 amide bonds. The zero-order valence-electron chi connectivity index (χ0n) is 10.4. The fourth-order valence-corrected chi connectivity index (χ4v) is 2.38. The summed E-state index contributed by atoms with van der Waals surface area (Å²) in [6.07, 6.45) is -0.0985. The second-order valence-corrected chi connectivity index (χ2v) is 4.30. The zero-order valence-corrected chi connectivity index (χ0v) is 10.4. The molecule has 2 aliphatic rings. The van der Waals surface area contributed by atoms with Gasteiger partial charge in [-0.1, -0.05) is 0 Å². The first-order chi connectivity index (χ1) is 8.99. The average molecular weight is 268 g/mol. The van der Waals surface area contributed by atoms with Crippen LogP contribution in [0.5, 0.6) is 0 Å². The molecule has 2 atom stereocenters. The molecular formula is C12H12O7. The Morgan fingerprint density at radius 3 is 1.63 bits per heavy atom. The van der Waals surface area contributed by atoms with E-state index in [1.807, 2.05) is 0 Å². The molecule has 0 aromatic carbocycles. The summed E-state index contributed by atoms with van der Waals surface area (Å²) in [4.78, 5) is 46.3. The lowest BCUT2D eigenvalue weighted by atomic mass is 9.77. The van der Waals surface area contributed by atoms with Gasteiger partial charge in [0.15, 0.2) is 0 Å². The number of carbonyl (C=O) groups is 4. The van der Waals surface area contributed by atoms with Crippen molar-refractivity contribution in [3.8, 4) is 0 Å². The second-order valence-electron chi connectivity index (χ2n) is 4.30. The Labute approximate surface area is 108 Å². The Morgan fingerprint density at radius 2 is 1.32 bits per heavy atom. The van der Waals surface area contributed by atoms with E-state index in [0.29, 0.717) is 0 Å². The molecule has 2 rings (SSSR count). The predicted octanol–water partition coefficient (Wildman–Crippen LogP) is -0.261. The van der Waals surface area contributed by atoms with Gasteiger partial charge in [-0.05, 0) is 12.8 Å². The smallest absolute Gasteiger partial charge is 0.334 e. The third-order valence-electron chi connectivity index (χ3n) is 3.37. The zero-order chi connectivity index (χ0) is 14.2. The molecule has 0 aromatic rings. The van der Waals surface area contributed by atoms with Crippen LogP contribution in [0.1, 0.15) is 12.8 Å². The Hall–Kier alpha value is -2.18. The van der Waals surface area contributed by atoms with Crippen molar-refractivity contribution in [3.05, 3.63) is 11.1 Å². The maximum absolute atomic E-state index is 11.6. The molecule has 0 radical (unpaired) electrons. The number of rotatable bonds is 2. The van der Waals surface area contributed by atoms with Crippen molar-refractivity contribution in [2.75, 3.05) is 14.2 Å². The quantitative estimate of drug-likeness (QED) is 0.386. The number of ether oxygens (including phenoxy) is 3. The molecule has 0 bridgehead atoms. The molecule has 2 unspecified atom stereocenters. The molecule has 0 N–H and O–H groups in total. The summed E-state index contributed by atoms with van der Waals surface area (Å²) in [6, 6.07) is 0. The Bertz CT molecular complexity index is 458. The van der Waals surface area contributed by atoms with E-state index in [4.69, 9.17) is 0 Å². The molecule has 19 heavy (non-hydrogen) atoms. The van der Waals surface area contributed by atoms with E-state index in [1.54, 1.807) is 0 Å². The monoisotopic (exact) mass is 268 g/mol. The summed E-state index contributed by atoms with van der Waals surface area (Å²) in [6.45, 7) is 0. The molecule has 102 valence electrons. The van der Waals surface area contributed by atoms with Crippen LogP contribution in [-0.2, 0) is 33.4 Å². The van der Waals surface area contributed by atoms with Crippen LogP contribution in [-0.4, -0.2) is 38.1 Å². The number of cyclic esters (lactones) is 2. The van der Waals surface area contributed by atoms with E-state index in [0.717, 1.165) is 0 Å². The van der Waals surface area contributed by atoms with Crippen molar-refractivity contribution >= 4 is 23.9 Å². The minimum absolute atomic E-state index is 0.0493. The summed E-state index contributed by atoms with van der Waals surface area (Å²) >= 11 is 0. The largest absolute Gasteiger partial charge is 0.466 e. The maximum atomic E-state index is 11.6. The lowest BCUT2D eigenvalue weighted by molar-refractivity contribution is -0.153. The van der Waals surface area contributed by atoms with Crippen molar-refractivity contribution in [3.63, 3.8) is 0 Å². The number of methoxy groups -OCH3 is 2. The molecule has 1 saturated heterocycles. The third-order valence-corrected chi connectivity index (χ3v) is 3.37. The molecule has 7 nitrogen and oxygen atoms in total. The molecule has 1 aliphatic carbocycles. The van der Waals surface area contributed by atoms with E-state index in [-0.39, 0.29) is 24.0 Å². The minimum atomic E-state index is -0.727. The van der Waals surface area contributed by atoms with Gasteiger partial charge in [-0.25, -0.2) is 9.59 Å². The van der Waals surface area contributed by atoms with Crippen LogP contribution in [0.15, 0.2) is 11.1 Å². The van der Waals surface area contributed by atoms with Crippen LogP contribution in [0.2, 0.25) is 0 Å². The van der Waals surface area contributed by atoms with Gasteiger partial charge >= 0.3 is 23.9 Å². The van der Waals surface area contributed by atoms with Crippen molar-refractivity contribution in [1.82, 2.24) is 0 Å². The highest BCUT2D eigenvalue weighted by atomic mass is 16.6. The Kier molecular flexibility index (Phi) is 3.37. The van der Waals surface area contributed by atoms with E-state index >= 15 is 0 Å². The van der Waals surface area contributed by atoms with Crippen LogP contribution in [0.4, 0.5) is 0 Å². The van der Waals surface area contributed by atoms with Gasteiger partial charge in [0, 0.05) is 11.1 Å². The predicted molar refractivity (Wildman–Crippen MR) is 58.4 cm³/mol. The minimum Gasteiger partial charge on any atom is -0.466 e. The van der Waals surface area contributed by atoms with Gasteiger partial charge < -0.3 is 14.2 Å². The van der Waals surface area contributed by atoms with Crippen LogP contribution in [0.25, 0.3) is 0 Å². The number of hydrogen-bond acceptors (Lipinski definition) is 7. The molecule has 1 aliphatic heterocycles. The van der Waals surface area contributed by atoms with Crippen LogP contribution in [0, 0.1) is 11.8 Å². The lowest BCUT2D eigenvalue weighted by Gasteiger charge is -2.23. The van der Waals surface area contributed by atoms with Crippen molar-refractivity contribution in [2.24, 2.45) is 11.8 Å². The number of carbonyl (C=O) groups excluding carboxylic acids is 4. The highest BCUT2D eigenvalue weighted by molar-refractivity contribution is 6.05. The summed E-state index contributed by atoms with van der Waals surface area (Å²) in [5, 5.41) is 0. The fraction of sp³-hybridized carbons (Fsp3) is 0.500. The van der Waals surface area contributed by atoms with E-state index in [1.165, 1.54) is 14.2 Å². The van der Waals surface area contributed by atoms with E-state index < -0.39 is 35.7 Å². The normalized spacial score (nSPS) is 25.8. The molecular weight excluding hydrogens is 256 g/mol. The Morgan fingerprint density at radius 1 is 0.947 bits per heavy atom. The highest BCUT2D eigenvalue weighted by Gasteiger charge is 2.49. The molecule has 0 aromatic heterocycles. The number of hydrogen-bond donors (Lipinski definition) is 0. The van der Waals surface area contributed by atoms with Crippen molar-refractivity contribution < 1.29 is 33.4 Å². The van der Waals surface area contributed by atoms with Crippen molar-refractivity contribution in [1.29, 1.82) is 0 Å². The van der Waals surface area contributed by atoms with Crippen LogP contribution < -0.4 is 0 Å². The summed E-state index contributed by atoms with van der Waals surface area (Å²) < 4.78 is 13.7. The van der Waals surface area contributed by atoms with Gasteiger partial charge in [0.1, 0.15) is 0 Å². The molecule has 0 saturated carbocycles. The molecule has 1 heterocycles. The SMILES string of the molecule is COC(=O)C1=C(C(=O)OC)CC2C(=O)OC(=O)C2C1. The first kappa shape index (κ1) is 13.3. The van der Waals surface area contributed by atoms with Gasteiger partial charge in [-0.2, -0.15) is 0 Å². The molecule has 0 spiro atoms. The van der Waals surface area contributed by atoms with Crippen LogP contribution >= 0.6 is 0 Å². The highest BCUT2D eigenvalue weighted by Crippen LogP contribution is 2.40. The first-order valence-electron chi connectivity index (χ1n) is 5.63. The summed E-state index contributed by atoms with van der Waals surface area (Å²) in [7, 11) is 2.35. The fourth-order valence-electron chi connectivity index (χ4n) is 2.38. The van der Waals surface area contributed by atoms with E-state index in [2.05, 4.69) is 14.2 Å². The van der Waals surface area contributed by atoms with E-state index in [9.17, 15) is 19.2 Å². The maximum Gasteiger partial charge on any atom is 0.334 e. The lowest BCUT2D eigenvalue weighted by Crippen LogP contribution is -2.30. The van der Waals surface area contributed by atoms with Gasteiger partial charge in [-0.15, -0.1) is 0 Å². The van der Waals surface area contributed by atoms with Gasteiger partial charge in [-0.3, -0.25) is 9.59 Å². The summed E-state index contributed by atoms with van der Waals surface area (Å²) in [5.74, 6) is -4.19. The second kappa shape index (κ2) is 4.83. The molecule has 7 heteroatoms. The number of esters is 4. The average Bonchev–Trinajstić information content (AvgIpc) is 2.70. The third kappa shape index (κ3) is 2.11. The van der Waals surface area contributed by atoms with Crippen molar-refractivity contribution in [2.45, 2.75) is 12.8 Å². The van der Waals surface area contributed by atoms with Crippen LogP contribution in [0.3, 0.4) is 0 Å². The van der Waals surface area contributed by atoms with Gasteiger partial charge in [0.05, 0.1) is 26.1 Å². The topological polar surface area (TPSA) is 96.0 Å². The number of fused-ring (bicyclic) bond motifs is 1. The first-order valence-corrected chi connectivity index (χ1v) is 5.63. The van der Waals surface area contributed by atoms with Gasteiger partial charge in [0.25, 0.3) is 0 Å². The van der Waals surface area contributed by atoms with Gasteiger partial charge in [0.2, 0.25) is 0 Å². The summed E-state index contributed by atoms with van der Waals surface area (Å²) in [5.41, 5.74) is 0.143. The standard InChI is InChI=1S/C12H12O7/c1-17-9(13)5-3-7-8(12(16)19-11(7)15)4-6(5)10(14)18-2/h7-8H,3-4H2,1-2H3. The molecule has 1 fully saturated rings.